The lowest BCUT2D eigenvalue weighted by Crippen LogP contribution is -2.62. The van der Waals surface area contributed by atoms with Crippen molar-refractivity contribution in [3.63, 3.8) is 0 Å². The van der Waals surface area contributed by atoms with Crippen molar-refractivity contribution in [3.05, 3.63) is 106 Å². The minimum atomic E-state index is -1.89. The summed E-state index contributed by atoms with van der Waals surface area (Å²) in [6.07, 6.45) is 12.9. The van der Waals surface area contributed by atoms with Crippen LogP contribution in [0.2, 0.25) is 39.3 Å². The van der Waals surface area contributed by atoms with Crippen molar-refractivity contribution in [1.82, 2.24) is 19.8 Å². The van der Waals surface area contributed by atoms with Gasteiger partial charge in [-0.3, -0.25) is 19.8 Å². The highest BCUT2D eigenvalue weighted by molar-refractivity contribution is 6.91. The standard InChI is InChI=1S/C52H70N4Si2/c1-35-26-40-28-47-44(51(31-35)42(40)21-15-23-55(51)33-37-17-11-9-12-18-37)29-41(50(54-47)58(6,7)8)49-48(57(3,4)5)30-45-46(53-49)27-39-25-36(2)32-52(45)43(39)22-16-24-56(52)34-38-19-13-10-14-20-38/h9-14,17-20,29-30,35-36,39-40,42-43H,15-16,21-28,31-34H2,1-8H3/t35-,36-,39+,40+,42-,43-,51-,52-/m1/s1. The van der Waals surface area contributed by atoms with Gasteiger partial charge in [0.2, 0.25) is 0 Å². The molecule has 2 aromatic heterocycles. The fraction of sp³-hybridized carbons (Fsp3) is 0.577. The molecule has 10 rings (SSSR count). The first kappa shape index (κ1) is 39.2. The second-order valence-electron chi connectivity index (χ2n) is 22.4. The van der Waals surface area contributed by atoms with Crippen molar-refractivity contribution in [2.45, 2.75) is 142 Å². The van der Waals surface area contributed by atoms with E-state index in [-0.39, 0.29) is 11.1 Å². The van der Waals surface area contributed by atoms with Crippen LogP contribution in [0.4, 0.5) is 0 Å². The summed E-state index contributed by atoms with van der Waals surface area (Å²) in [5, 5.41) is 2.99. The Bertz CT molecular complexity index is 2170. The van der Waals surface area contributed by atoms with Gasteiger partial charge in [0, 0.05) is 35.4 Å². The molecular formula is C52H70N4Si2. The van der Waals surface area contributed by atoms with Gasteiger partial charge in [-0.25, -0.2) is 0 Å². The summed E-state index contributed by atoms with van der Waals surface area (Å²) < 4.78 is 0. The van der Waals surface area contributed by atoms with Crippen molar-refractivity contribution >= 4 is 26.7 Å². The van der Waals surface area contributed by atoms with Crippen LogP contribution in [-0.4, -0.2) is 49.0 Å². The zero-order valence-corrected chi connectivity index (χ0v) is 39.1. The van der Waals surface area contributed by atoms with E-state index in [0.29, 0.717) is 17.8 Å². The lowest BCUT2D eigenvalue weighted by molar-refractivity contribution is -0.0967. The lowest BCUT2D eigenvalue weighted by Gasteiger charge is -2.62. The number of pyridine rings is 2. The van der Waals surface area contributed by atoms with Crippen LogP contribution in [0.25, 0.3) is 11.3 Å². The first-order valence-electron chi connectivity index (χ1n) is 23.4. The van der Waals surface area contributed by atoms with E-state index < -0.39 is 16.1 Å². The summed E-state index contributed by atoms with van der Waals surface area (Å²) >= 11 is 0. The van der Waals surface area contributed by atoms with Crippen LogP contribution in [0.5, 0.6) is 0 Å². The summed E-state index contributed by atoms with van der Waals surface area (Å²) in [5.41, 5.74) is 11.8. The lowest BCUT2D eigenvalue weighted by atomic mass is 9.53. The largest absolute Gasteiger partial charge is 0.289 e. The molecule has 306 valence electrons. The van der Waals surface area contributed by atoms with E-state index in [9.17, 15) is 0 Å². The number of aromatic nitrogens is 2. The number of likely N-dealkylation sites (tertiary alicyclic amines) is 2. The van der Waals surface area contributed by atoms with E-state index in [4.69, 9.17) is 9.97 Å². The molecule has 0 spiro atoms. The maximum atomic E-state index is 6.17. The average molecular weight is 807 g/mol. The van der Waals surface area contributed by atoms with Crippen molar-refractivity contribution < 1.29 is 0 Å². The molecule has 0 N–H and O–H groups in total. The Kier molecular flexibility index (Phi) is 9.71. The first-order valence-corrected chi connectivity index (χ1v) is 30.4. The Balaban J connectivity index is 1.19. The van der Waals surface area contributed by atoms with E-state index in [1.807, 2.05) is 0 Å². The van der Waals surface area contributed by atoms with Crippen molar-refractivity contribution in [2.75, 3.05) is 13.1 Å². The molecule has 4 heterocycles. The van der Waals surface area contributed by atoms with Crippen LogP contribution in [-0.2, 0) is 37.0 Å². The Morgan fingerprint density at radius 1 is 0.621 bits per heavy atom. The van der Waals surface area contributed by atoms with E-state index in [2.05, 4.69) is 136 Å². The molecule has 4 aromatic rings. The summed E-state index contributed by atoms with van der Waals surface area (Å²) in [7, 11) is -3.78. The monoisotopic (exact) mass is 807 g/mol. The van der Waals surface area contributed by atoms with Gasteiger partial charge < -0.3 is 0 Å². The highest BCUT2D eigenvalue weighted by Gasteiger charge is 2.59. The molecule has 4 nitrogen and oxygen atoms in total. The van der Waals surface area contributed by atoms with Gasteiger partial charge in [0.15, 0.2) is 0 Å². The molecule has 2 aromatic carbocycles. The van der Waals surface area contributed by atoms with E-state index in [0.717, 1.165) is 43.7 Å². The number of fused-ring (bicyclic) bond motifs is 2. The Labute approximate surface area is 352 Å². The van der Waals surface area contributed by atoms with Gasteiger partial charge in [-0.05, 0) is 146 Å². The molecule has 2 saturated carbocycles. The molecule has 0 unspecified atom stereocenters. The first-order chi connectivity index (χ1) is 27.8. The maximum Gasteiger partial charge on any atom is 0.102 e. The normalized spacial score (nSPS) is 32.1. The zero-order valence-electron chi connectivity index (χ0n) is 37.1. The molecule has 6 aliphatic rings. The minimum Gasteiger partial charge on any atom is -0.289 e. The molecule has 58 heavy (non-hydrogen) atoms. The van der Waals surface area contributed by atoms with Crippen molar-refractivity contribution in [1.29, 1.82) is 0 Å². The van der Waals surface area contributed by atoms with Crippen LogP contribution in [0.3, 0.4) is 0 Å². The van der Waals surface area contributed by atoms with Crippen LogP contribution in [0.1, 0.15) is 98.9 Å². The Morgan fingerprint density at radius 2 is 1.10 bits per heavy atom. The van der Waals surface area contributed by atoms with Crippen LogP contribution in [0.15, 0.2) is 72.8 Å². The predicted molar refractivity (Wildman–Crippen MR) is 247 cm³/mol. The third kappa shape index (κ3) is 6.31. The fourth-order valence-electron chi connectivity index (χ4n) is 14.4. The quantitative estimate of drug-likeness (QED) is 0.174. The molecule has 8 atom stereocenters. The van der Waals surface area contributed by atoms with Gasteiger partial charge in [0.1, 0.15) is 8.07 Å². The third-order valence-electron chi connectivity index (χ3n) is 16.4. The predicted octanol–water partition coefficient (Wildman–Crippen LogP) is 10.7. The van der Waals surface area contributed by atoms with Gasteiger partial charge in [0.05, 0.1) is 24.8 Å². The van der Waals surface area contributed by atoms with E-state index >= 15 is 0 Å². The second-order valence-corrected chi connectivity index (χ2v) is 32.4. The molecule has 2 aliphatic heterocycles. The van der Waals surface area contributed by atoms with Gasteiger partial charge in [0.25, 0.3) is 0 Å². The van der Waals surface area contributed by atoms with E-state index in [1.165, 1.54) is 104 Å². The number of piperidine rings is 2. The molecule has 4 bridgehead atoms. The number of hydrogen-bond acceptors (Lipinski definition) is 4. The summed E-state index contributed by atoms with van der Waals surface area (Å²) in [4.78, 5) is 18.1. The SMILES string of the molecule is C[C@@H]1C[C@H]2Cc3nc(-c4cc5c(nc4[Si](C)(C)C)C[C@@H]4C[C@@H](C)C[C@@]56[C@@H]4CCCN6Cc4ccccc4)c([Si](C)(C)C)cc3[C@@]3(C1)[C@@H]2CCCN3Cc1ccccc1. The van der Waals surface area contributed by atoms with Crippen molar-refractivity contribution in [3.8, 4) is 11.3 Å². The number of hydrogen-bond donors (Lipinski definition) is 0. The minimum absolute atomic E-state index is 0.0383. The zero-order chi connectivity index (χ0) is 40.2. The van der Waals surface area contributed by atoms with Gasteiger partial charge in [-0.1, -0.05) is 120 Å². The van der Waals surface area contributed by atoms with Crippen LogP contribution >= 0.6 is 0 Å². The van der Waals surface area contributed by atoms with Crippen molar-refractivity contribution in [2.24, 2.45) is 35.5 Å². The van der Waals surface area contributed by atoms with Gasteiger partial charge in [-0.2, -0.15) is 0 Å². The average Bonchev–Trinajstić information content (AvgIpc) is 3.17. The van der Waals surface area contributed by atoms with E-state index in [1.54, 1.807) is 16.3 Å². The highest BCUT2D eigenvalue weighted by Crippen LogP contribution is 2.61. The molecule has 6 heteroatoms. The summed E-state index contributed by atoms with van der Waals surface area (Å²) in [6.45, 7) is 25.0. The molecule has 2 saturated heterocycles. The molecule has 0 amide bonds. The molecule has 4 fully saturated rings. The summed E-state index contributed by atoms with van der Waals surface area (Å²) in [6, 6.07) is 28.3. The maximum absolute atomic E-state index is 6.17. The fourth-order valence-corrected chi connectivity index (χ4v) is 17.3. The second kappa shape index (κ2) is 14.3. The smallest absolute Gasteiger partial charge is 0.102 e. The molecule has 4 aliphatic carbocycles. The number of rotatable bonds is 7. The molecule has 0 radical (unpaired) electrons. The number of nitrogens with zero attached hydrogens (tertiary/aromatic N) is 4. The highest BCUT2D eigenvalue weighted by atomic mass is 28.3. The van der Waals surface area contributed by atoms with Gasteiger partial charge in [-0.15, -0.1) is 0 Å². The Morgan fingerprint density at radius 3 is 1.59 bits per heavy atom. The summed E-state index contributed by atoms with van der Waals surface area (Å²) in [5.74, 6) is 4.30. The number of benzene rings is 2. The molecular weight excluding hydrogens is 737 g/mol. The third-order valence-corrected chi connectivity index (χ3v) is 20.2. The topological polar surface area (TPSA) is 32.3 Å². The van der Waals surface area contributed by atoms with Gasteiger partial charge >= 0.3 is 0 Å². The van der Waals surface area contributed by atoms with Crippen LogP contribution < -0.4 is 10.5 Å². The van der Waals surface area contributed by atoms with Crippen LogP contribution in [0, 0.1) is 35.5 Å². The Hall–Kier alpha value is -2.91.